The number of nitrogens with one attached hydrogen (secondary N) is 2. The molecule has 3 rings (SSSR count). The van der Waals surface area contributed by atoms with Gasteiger partial charge in [-0.3, -0.25) is 10.2 Å². The molecule has 2 aliphatic rings. The second kappa shape index (κ2) is 16.3. The highest BCUT2D eigenvalue weighted by molar-refractivity contribution is 6.00. The maximum absolute atomic E-state index is 12.6. The molecule has 1 aromatic heterocycles. The van der Waals surface area contributed by atoms with Crippen LogP contribution in [-0.2, 0) is 28.5 Å². The second-order valence-electron chi connectivity index (χ2n) is 9.14. The van der Waals surface area contributed by atoms with Gasteiger partial charge in [-0.1, -0.05) is 5.92 Å². The van der Waals surface area contributed by atoms with Gasteiger partial charge in [-0.2, -0.15) is 5.10 Å². The van der Waals surface area contributed by atoms with Gasteiger partial charge in [0.1, 0.15) is 18.3 Å². The van der Waals surface area contributed by atoms with Crippen LogP contribution in [0.4, 0.5) is 5.82 Å². The molecule has 3 heterocycles. The van der Waals surface area contributed by atoms with Gasteiger partial charge in [0.2, 0.25) is 5.91 Å². The number of piperazine rings is 1. The SMILES string of the molecule is C#CCOCCOCCOCCOCCC(=O)N1CCN(C(=N)c2cnn(C3CCC(C)O3)c2NC)CC1. The first kappa shape index (κ1) is 29.9. The molecule has 0 aliphatic carbocycles. The number of rotatable bonds is 16. The molecule has 2 atom stereocenters. The summed E-state index contributed by atoms with van der Waals surface area (Å²) in [4.78, 5) is 16.4. The third kappa shape index (κ3) is 8.96. The van der Waals surface area contributed by atoms with Crippen LogP contribution in [0.1, 0.15) is 38.0 Å². The summed E-state index contributed by atoms with van der Waals surface area (Å²) in [5, 5.41) is 16.5. The number of aromatic nitrogens is 2. The van der Waals surface area contributed by atoms with E-state index in [1.165, 1.54) is 0 Å². The third-order valence-corrected chi connectivity index (χ3v) is 6.48. The third-order valence-electron chi connectivity index (χ3n) is 6.48. The van der Waals surface area contributed by atoms with Crippen LogP contribution in [0.5, 0.6) is 0 Å². The lowest BCUT2D eigenvalue weighted by molar-refractivity contribution is -0.133. The Morgan fingerprint density at radius 1 is 1.05 bits per heavy atom. The van der Waals surface area contributed by atoms with Gasteiger partial charge in [-0.25, -0.2) is 4.68 Å². The molecular weight excluding hydrogens is 492 g/mol. The number of hydrogen-bond donors (Lipinski definition) is 2. The summed E-state index contributed by atoms with van der Waals surface area (Å²) in [5.74, 6) is 3.65. The first-order valence-corrected chi connectivity index (χ1v) is 13.3. The van der Waals surface area contributed by atoms with Gasteiger partial charge in [-0.15, -0.1) is 6.42 Å². The first-order valence-electron chi connectivity index (χ1n) is 13.3. The van der Waals surface area contributed by atoms with E-state index in [9.17, 15) is 4.79 Å². The van der Waals surface area contributed by atoms with Crippen molar-refractivity contribution in [3.8, 4) is 12.3 Å². The van der Waals surface area contributed by atoms with Gasteiger partial charge in [0.25, 0.3) is 0 Å². The van der Waals surface area contributed by atoms with Crippen LogP contribution >= 0.6 is 0 Å². The number of terminal acetylenes is 1. The summed E-state index contributed by atoms with van der Waals surface area (Å²) in [5.41, 5.74) is 0.742. The Balaban J connectivity index is 1.27. The molecule has 2 N–H and O–H groups in total. The average Bonchev–Trinajstić information content (AvgIpc) is 3.56. The predicted octanol–water partition coefficient (Wildman–Crippen LogP) is 1.18. The highest BCUT2D eigenvalue weighted by atomic mass is 16.6. The zero-order chi connectivity index (χ0) is 27.2. The molecule has 38 heavy (non-hydrogen) atoms. The molecule has 0 spiro atoms. The van der Waals surface area contributed by atoms with Gasteiger partial charge in [0.05, 0.1) is 70.5 Å². The van der Waals surface area contributed by atoms with Crippen LogP contribution in [0.2, 0.25) is 0 Å². The zero-order valence-electron chi connectivity index (χ0n) is 22.7. The van der Waals surface area contributed by atoms with Crippen LogP contribution in [0.15, 0.2) is 6.20 Å². The molecule has 0 aromatic carbocycles. The minimum Gasteiger partial charge on any atom is -0.379 e. The van der Waals surface area contributed by atoms with Gasteiger partial charge in [0.15, 0.2) is 6.23 Å². The first-order chi connectivity index (χ1) is 18.5. The van der Waals surface area contributed by atoms with E-state index in [-0.39, 0.29) is 18.2 Å². The molecule has 2 unspecified atom stereocenters. The summed E-state index contributed by atoms with van der Waals surface area (Å²) >= 11 is 0. The highest BCUT2D eigenvalue weighted by Crippen LogP contribution is 2.31. The molecule has 2 saturated heterocycles. The lowest BCUT2D eigenvalue weighted by atomic mass is 10.2. The molecule has 12 heteroatoms. The zero-order valence-corrected chi connectivity index (χ0v) is 22.7. The van der Waals surface area contributed by atoms with E-state index < -0.39 is 0 Å². The van der Waals surface area contributed by atoms with E-state index in [1.54, 1.807) is 6.20 Å². The number of amidine groups is 1. The number of hydrogen-bond acceptors (Lipinski definition) is 9. The van der Waals surface area contributed by atoms with Crippen molar-refractivity contribution in [2.24, 2.45) is 0 Å². The number of amides is 1. The number of anilines is 1. The molecule has 1 aromatic rings. The predicted molar refractivity (Wildman–Crippen MR) is 142 cm³/mol. The molecule has 0 saturated carbocycles. The van der Waals surface area contributed by atoms with E-state index in [4.69, 9.17) is 35.5 Å². The van der Waals surface area contributed by atoms with Gasteiger partial charge in [-0.05, 0) is 19.8 Å². The fraction of sp³-hybridized carbons (Fsp3) is 0.731. The molecule has 2 fully saturated rings. The van der Waals surface area contributed by atoms with Gasteiger partial charge >= 0.3 is 0 Å². The number of carbonyl (C=O) groups is 1. The largest absolute Gasteiger partial charge is 0.379 e. The molecule has 0 radical (unpaired) electrons. The van der Waals surface area contributed by atoms with E-state index in [2.05, 4.69) is 23.3 Å². The minimum atomic E-state index is -0.110. The maximum Gasteiger partial charge on any atom is 0.225 e. The Bertz CT molecular complexity index is 911. The van der Waals surface area contributed by atoms with Crippen molar-refractivity contribution >= 4 is 17.6 Å². The average molecular weight is 535 g/mol. The van der Waals surface area contributed by atoms with Crippen molar-refractivity contribution in [1.29, 1.82) is 5.41 Å². The van der Waals surface area contributed by atoms with E-state index in [0.29, 0.717) is 91.3 Å². The summed E-state index contributed by atoms with van der Waals surface area (Å²) < 4.78 is 29.2. The fourth-order valence-corrected chi connectivity index (χ4v) is 4.42. The highest BCUT2D eigenvalue weighted by Gasteiger charge is 2.29. The molecule has 0 bridgehead atoms. The summed E-state index contributed by atoms with van der Waals surface area (Å²) in [6.07, 6.45) is 9.14. The van der Waals surface area contributed by atoms with Crippen molar-refractivity contribution in [1.82, 2.24) is 19.6 Å². The van der Waals surface area contributed by atoms with Crippen LogP contribution < -0.4 is 5.32 Å². The van der Waals surface area contributed by atoms with Gasteiger partial charge in [0, 0.05) is 33.2 Å². The Labute approximate surface area is 225 Å². The Morgan fingerprint density at radius 3 is 2.24 bits per heavy atom. The number of carbonyl (C=O) groups excluding carboxylic acids is 1. The van der Waals surface area contributed by atoms with E-state index in [1.807, 2.05) is 21.5 Å². The number of ether oxygens (including phenoxy) is 5. The van der Waals surface area contributed by atoms with Crippen molar-refractivity contribution in [3.63, 3.8) is 0 Å². The summed E-state index contributed by atoms with van der Waals surface area (Å²) in [6, 6.07) is 0. The lowest BCUT2D eigenvalue weighted by Gasteiger charge is -2.36. The molecule has 1 amide bonds. The Kier molecular flexibility index (Phi) is 12.8. The van der Waals surface area contributed by atoms with E-state index in [0.717, 1.165) is 24.2 Å². The fourth-order valence-electron chi connectivity index (χ4n) is 4.42. The topological polar surface area (TPSA) is 123 Å². The van der Waals surface area contributed by atoms with Gasteiger partial charge < -0.3 is 38.8 Å². The van der Waals surface area contributed by atoms with E-state index >= 15 is 0 Å². The monoisotopic (exact) mass is 534 g/mol. The van der Waals surface area contributed by atoms with Crippen LogP contribution in [0, 0.1) is 17.8 Å². The van der Waals surface area contributed by atoms with Crippen molar-refractivity contribution < 1.29 is 28.5 Å². The standard InChI is InChI=1S/C26H42N6O6/c1-4-12-34-14-16-36-18-19-37-17-15-35-13-7-23(33)30-8-10-31(11-9-30)25(27)22-20-29-32(26(22)28-3)24-6-5-21(2)38-24/h1,20-21,24,27-28H,5-19H2,2-3H3. The summed E-state index contributed by atoms with van der Waals surface area (Å²) in [7, 11) is 1.84. The van der Waals surface area contributed by atoms with Crippen LogP contribution in [0.25, 0.3) is 0 Å². The normalized spacial score (nSPS) is 19.5. The minimum absolute atomic E-state index is 0.0637. The van der Waals surface area contributed by atoms with Crippen molar-refractivity contribution in [2.45, 2.75) is 38.5 Å². The number of nitrogens with zero attached hydrogens (tertiary/aromatic N) is 4. The summed E-state index contributed by atoms with van der Waals surface area (Å²) in [6.45, 7) is 7.84. The molecule has 12 nitrogen and oxygen atoms in total. The van der Waals surface area contributed by atoms with Crippen molar-refractivity contribution in [3.05, 3.63) is 11.8 Å². The molecular formula is C26H42N6O6. The smallest absolute Gasteiger partial charge is 0.225 e. The van der Waals surface area contributed by atoms with Crippen LogP contribution in [0.3, 0.4) is 0 Å². The Hall–Kier alpha value is -2.69. The Morgan fingerprint density at radius 2 is 1.66 bits per heavy atom. The second-order valence-corrected chi connectivity index (χ2v) is 9.14. The maximum atomic E-state index is 12.6. The molecule has 2 aliphatic heterocycles. The van der Waals surface area contributed by atoms with Crippen LogP contribution in [-0.4, -0.2) is 124 Å². The lowest BCUT2D eigenvalue weighted by Crippen LogP contribution is -2.50. The van der Waals surface area contributed by atoms with Crippen molar-refractivity contribution in [2.75, 3.05) is 91.4 Å². The quantitative estimate of drug-likeness (QED) is 0.139. The molecule has 212 valence electrons.